The van der Waals surface area contributed by atoms with Crippen LogP contribution in [-0.2, 0) is 4.74 Å². The summed E-state index contributed by atoms with van der Waals surface area (Å²) in [5.74, 6) is -0.425. The van der Waals surface area contributed by atoms with E-state index < -0.39 is 10.9 Å². The number of ether oxygens (including phenoxy) is 1. The summed E-state index contributed by atoms with van der Waals surface area (Å²) in [5, 5.41) is 11.0. The van der Waals surface area contributed by atoms with Gasteiger partial charge in [-0.15, -0.1) is 0 Å². The van der Waals surface area contributed by atoms with E-state index in [1.165, 1.54) is 6.07 Å². The quantitative estimate of drug-likeness (QED) is 0.488. The summed E-state index contributed by atoms with van der Waals surface area (Å²) >= 11 is 0. The molecule has 2 rings (SSSR count). The Morgan fingerprint density at radius 3 is 2.76 bits per heavy atom. The molecule has 0 N–H and O–H groups in total. The van der Waals surface area contributed by atoms with Crippen LogP contribution in [0.3, 0.4) is 0 Å². The van der Waals surface area contributed by atoms with Crippen molar-refractivity contribution in [3.05, 3.63) is 45.3 Å². The Bertz CT molecular complexity index is 705. The molecular formula is C14H14N2O5. The Morgan fingerprint density at radius 1 is 1.43 bits per heavy atom. The highest BCUT2D eigenvalue weighted by Gasteiger charge is 2.22. The molecule has 1 aromatic carbocycles. The van der Waals surface area contributed by atoms with Crippen molar-refractivity contribution in [2.45, 2.75) is 20.8 Å². The van der Waals surface area contributed by atoms with Gasteiger partial charge in [0.1, 0.15) is 0 Å². The monoisotopic (exact) mass is 290 g/mol. The Kier molecular flexibility index (Phi) is 4.02. The number of nitro groups is 1. The molecule has 0 spiro atoms. The molecule has 0 radical (unpaired) electrons. The van der Waals surface area contributed by atoms with E-state index in [1.54, 1.807) is 32.9 Å². The fourth-order valence-electron chi connectivity index (χ4n) is 1.95. The van der Waals surface area contributed by atoms with Crippen molar-refractivity contribution >= 4 is 11.7 Å². The molecule has 2 aromatic rings. The molecule has 0 aliphatic heterocycles. The normalized spacial score (nSPS) is 10.4. The van der Waals surface area contributed by atoms with Gasteiger partial charge in [0.25, 0.3) is 5.69 Å². The second-order valence-electron chi connectivity index (χ2n) is 4.36. The molecule has 21 heavy (non-hydrogen) atoms. The number of hydrogen-bond donors (Lipinski definition) is 0. The van der Waals surface area contributed by atoms with Crippen molar-refractivity contribution in [2.75, 3.05) is 6.61 Å². The molecule has 0 bridgehead atoms. The van der Waals surface area contributed by atoms with Crippen LogP contribution < -0.4 is 0 Å². The highest BCUT2D eigenvalue weighted by atomic mass is 16.6. The predicted octanol–water partition coefficient (Wildman–Crippen LogP) is 3.04. The largest absolute Gasteiger partial charge is 0.460 e. The van der Waals surface area contributed by atoms with Crippen LogP contribution >= 0.6 is 0 Å². The van der Waals surface area contributed by atoms with Gasteiger partial charge in [-0.05, 0) is 26.8 Å². The average molecular weight is 290 g/mol. The van der Waals surface area contributed by atoms with Gasteiger partial charge < -0.3 is 9.15 Å². The van der Waals surface area contributed by atoms with Crippen molar-refractivity contribution in [1.29, 1.82) is 0 Å². The molecule has 0 unspecified atom stereocenters. The van der Waals surface area contributed by atoms with E-state index in [0.717, 1.165) is 0 Å². The first-order chi connectivity index (χ1) is 9.95. The average Bonchev–Trinajstić information content (AvgIpc) is 2.81. The lowest BCUT2D eigenvalue weighted by molar-refractivity contribution is -0.385. The van der Waals surface area contributed by atoms with Gasteiger partial charge >= 0.3 is 5.97 Å². The molecule has 0 aliphatic carbocycles. The van der Waals surface area contributed by atoms with Crippen LogP contribution in [0.25, 0.3) is 11.5 Å². The lowest BCUT2D eigenvalue weighted by atomic mass is 10.1. The third-order valence-corrected chi connectivity index (χ3v) is 2.99. The van der Waals surface area contributed by atoms with Crippen molar-refractivity contribution in [1.82, 2.24) is 4.98 Å². The number of hydrogen-bond acceptors (Lipinski definition) is 6. The van der Waals surface area contributed by atoms with E-state index >= 15 is 0 Å². The van der Waals surface area contributed by atoms with E-state index in [9.17, 15) is 14.9 Å². The molecule has 110 valence electrons. The number of benzene rings is 1. The first-order valence-electron chi connectivity index (χ1n) is 6.34. The first kappa shape index (κ1) is 14.7. The smallest absolute Gasteiger partial charge is 0.376 e. The van der Waals surface area contributed by atoms with E-state index in [2.05, 4.69) is 4.98 Å². The Labute approximate surface area is 120 Å². The van der Waals surface area contributed by atoms with Gasteiger partial charge in [-0.3, -0.25) is 10.1 Å². The number of aromatic nitrogens is 1. The molecule has 7 heteroatoms. The SMILES string of the molecule is CCOC(=O)c1oc(-c2cccc([N+](=O)[O-])c2C)nc1C. The van der Waals surface area contributed by atoms with Crippen LogP contribution in [0.1, 0.15) is 28.7 Å². The van der Waals surface area contributed by atoms with Crippen LogP contribution in [0.2, 0.25) is 0 Å². The van der Waals surface area contributed by atoms with Crippen LogP contribution in [0, 0.1) is 24.0 Å². The third-order valence-electron chi connectivity index (χ3n) is 2.99. The maximum absolute atomic E-state index is 11.7. The van der Waals surface area contributed by atoms with E-state index in [-0.39, 0.29) is 23.9 Å². The molecule has 7 nitrogen and oxygen atoms in total. The number of rotatable bonds is 4. The van der Waals surface area contributed by atoms with Gasteiger partial charge in [-0.1, -0.05) is 6.07 Å². The minimum absolute atomic E-state index is 0.0118. The van der Waals surface area contributed by atoms with Crippen LogP contribution in [0.5, 0.6) is 0 Å². The number of esters is 1. The molecule has 0 saturated carbocycles. The third kappa shape index (κ3) is 2.76. The highest BCUT2D eigenvalue weighted by molar-refractivity contribution is 5.88. The second kappa shape index (κ2) is 5.74. The molecule has 1 aromatic heterocycles. The van der Waals surface area contributed by atoms with Gasteiger partial charge in [0, 0.05) is 17.2 Å². The molecule has 0 amide bonds. The van der Waals surface area contributed by atoms with Crippen LogP contribution in [0.4, 0.5) is 5.69 Å². The maximum Gasteiger partial charge on any atom is 0.376 e. The van der Waals surface area contributed by atoms with Gasteiger partial charge in [-0.25, -0.2) is 9.78 Å². The van der Waals surface area contributed by atoms with Gasteiger partial charge in [0.15, 0.2) is 0 Å². The number of nitro benzene ring substituents is 1. The van der Waals surface area contributed by atoms with E-state index in [4.69, 9.17) is 9.15 Å². The number of aryl methyl sites for hydroxylation is 1. The van der Waals surface area contributed by atoms with Crippen molar-refractivity contribution in [2.24, 2.45) is 0 Å². The van der Waals surface area contributed by atoms with Gasteiger partial charge in [0.2, 0.25) is 11.7 Å². The summed E-state index contributed by atoms with van der Waals surface area (Å²) in [6.45, 7) is 5.14. The summed E-state index contributed by atoms with van der Waals surface area (Å²) in [6, 6.07) is 4.60. The highest BCUT2D eigenvalue weighted by Crippen LogP contribution is 2.30. The fourth-order valence-corrected chi connectivity index (χ4v) is 1.95. The second-order valence-corrected chi connectivity index (χ2v) is 4.36. The standard InChI is InChI=1S/C14H14N2O5/c1-4-20-14(17)12-9(3)15-13(21-12)10-6-5-7-11(8(10)2)16(18)19/h5-7H,4H2,1-3H3. The molecule has 0 fully saturated rings. The zero-order valence-corrected chi connectivity index (χ0v) is 11.9. The summed E-state index contributed by atoms with van der Waals surface area (Å²) in [5.41, 5.74) is 1.26. The van der Waals surface area contributed by atoms with Crippen molar-refractivity contribution < 1.29 is 18.9 Å². The number of carbonyl (C=O) groups excluding carboxylic acids is 1. The van der Waals surface area contributed by atoms with Crippen molar-refractivity contribution in [3.63, 3.8) is 0 Å². The topological polar surface area (TPSA) is 95.5 Å². The summed E-state index contributed by atoms with van der Waals surface area (Å²) in [4.78, 5) is 26.3. The lowest BCUT2D eigenvalue weighted by Gasteiger charge is -2.02. The van der Waals surface area contributed by atoms with Crippen molar-refractivity contribution in [3.8, 4) is 11.5 Å². The Balaban J connectivity index is 2.49. The Morgan fingerprint density at radius 2 is 2.14 bits per heavy atom. The minimum Gasteiger partial charge on any atom is -0.460 e. The predicted molar refractivity (Wildman–Crippen MR) is 74.0 cm³/mol. The molecule has 0 aliphatic rings. The summed E-state index contributed by atoms with van der Waals surface area (Å²) < 4.78 is 10.3. The van der Waals surface area contributed by atoms with E-state index in [1.807, 2.05) is 0 Å². The minimum atomic E-state index is -0.600. The molecule has 0 saturated heterocycles. The lowest BCUT2D eigenvalue weighted by Crippen LogP contribution is -2.04. The molecule has 0 atom stereocenters. The van der Waals surface area contributed by atoms with E-state index in [0.29, 0.717) is 16.8 Å². The summed E-state index contributed by atoms with van der Waals surface area (Å²) in [6.07, 6.45) is 0. The number of oxazole rings is 1. The molecular weight excluding hydrogens is 276 g/mol. The van der Waals surface area contributed by atoms with Gasteiger partial charge in [-0.2, -0.15) is 0 Å². The number of nitrogens with zero attached hydrogens (tertiary/aromatic N) is 2. The first-order valence-corrected chi connectivity index (χ1v) is 6.34. The Hall–Kier alpha value is -2.70. The summed E-state index contributed by atoms with van der Waals surface area (Å²) in [7, 11) is 0. The fraction of sp³-hybridized carbons (Fsp3) is 0.286. The van der Waals surface area contributed by atoms with Gasteiger partial charge in [0.05, 0.1) is 17.2 Å². The molecule has 1 heterocycles. The maximum atomic E-state index is 11.7. The zero-order chi connectivity index (χ0) is 15.6. The number of carbonyl (C=O) groups is 1. The zero-order valence-electron chi connectivity index (χ0n) is 11.9. The van der Waals surface area contributed by atoms with Crippen LogP contribution in [0.15, 0.2) is 22.6 Å². The van der Waals surface area contributed by atoms with Crippen LogP contribution in [-0.4, -0.2) is 22.5 Å².